The monoisotopic (exact) mass is 348 g/mol. The highest BCUT2D eigenvalue weighted by Crippen LogP contribution is 2.40. The first-order chi connectivity index (χ1) is 11.3. The molecular formula is C18H21FN2O2S. The largest absolute Gasteiger partial charge is 0.373 e. The molecule has 2 aromatic rings. The van der Waals surface area contributed by atoms with E-state index in [0.717, 1.165) is 12.2 Å². The number of fused-ring (bicyclic) bond motifs is 1. The van der Waals surface area contributed by atoms with Gasteiger partial charge in [0.25, 0.3) is 10.0 Å². The number of halogens is 1. The van der Waals surface area contributed by atoms with Crippen molar-refractivity contribution >= 4 is 21.4 Å². The van der Waals surface area contributed by atoms with Gasteiger partial charge in [-0.1, -0.05) is 32.0 Å². The van der Waals surface area contributed by atoms with Crippen LogP contribution in [0.2, 0.25) is 0 Å². The summed E-state index contributed by atoms with van der Waals surface area (Å²) in [5.41, 5.74) is 1.64. The van der Waals surface area contributed by atoms with Crippen molar-refractivity contribution in [3.63, 3.8) is 0 Å². The van der Waals surface area contributed by atoms with E-state index in [1.807, 2.05) is 24.1 Å². The van der Waals surface area contributed by atoms with Gasteiger partial charge in [0.1, 0.15) is 5.82 Å². The highest BCUT2D eigenvalue weighted by Gasteiger charge is 2.37. The zero-order valence-electron chi connectivity index (χ0n) is 14.0. The molecule has 6 heteroatoms. The molecule has 0 fully saturated rings. The van der Waals surface area contributed by atoms with Gasteiger partial charge < -0.3 is 4.90 Å². The molecule has 0 bridgehead atoms. The van der Waals surface area contributed by atoms with Gasteiger partial charge in [-0.25, -0.2) is 12.8 Å². The lowest BCUT2D eigenvalue weighted by Gasteiger charge is -2.28. The summed E-state index contributed by atoms with van der Waals surface area (Å²) in [5.74, 6) is -0.0422. The first-order valence-corrected chi connectivity index (χ1v) is 9.36. The van der Waals surface area contributed by atoms with Crippen molar-refractivity contribution in [3.8, 4) is 0 Å². The number of rotatable bonds is 4. The summed E-state index contributed by atoms with van der Waals surface area (Å²) in [4.78, 5) is 2.10. The summed E-state index contributed by atoms with van der Waals surface area (Å²) in [7, 11) is -1.80. The van der Waals surface area contributed by atoms with Crippen LogP contribution >= 0.6 is 0 Å². The summed E-state index contributed by atoms with van der Waals surface area (Å²) in [5, 5.41) is 0. The molecule has 0 aliphatic carbocycles. The zero-order chi connectivity index (χ0) is 17.5. The van der Waals surface area contributed by atoms with Crippen LogP contribution < -0.4 is 9.21 Å². The minimum atomic E-state index is -3.74. The number of benzene rings is 2. The van der Waals surface area contributed by atoms with E-state index in [4.69, 9.17) is 0 Å². The van der Waals surface area contributed by atoms with Gasteiger partial charge in [-0.3, -0.25) is 4.31 Å². The van der Waals surface area contributed by atoms with E-state index in [-0.39, 0.29) is 17.0 Å². The average Bonchev–Trinajstić information content (AvgIpc) is 2.79. The third kappa shape index (κ3) is 2.75. The maximum absolute atomic E-state index is 14.1. The van der Waals surface area contributed by atoms with Crippen LogP contribution in [0.1, 0.15) is 19.4 Å². The standard InChI is InChI=1S/C18H21FN2O2S/c1-13(2)11-20(3)16-8-4-5-9-17(16)21-12-14-15(19)7-6-10-18(14)24(21,22)23/h4-10,13H,11-12H2,1-3H3. The smallest absolute Gasteiger partial charge is 0.265 e. The average molecular weight is 348 g/mol. The van der Waals surface area contributed by atoms with Crippen LogP contribution in [0.25, 0.3) is 0 Å². The molecule has 3 rings (SSSR count). The molecule has 0 atom stereocenters. The molecule has 1 aliphatic rings. The van der Waals surface area contributed by atoms with Gasteiger partial charge in [0.2, 0.25) is 0 Å². The fourth-order valence-corrected chi connectivity index (χ4v) is 4.81. The number of hydrogen-bond donors (Lipinski definition) is 0. The van der Waals surface area contributed by atoms with Gasteiger partial charge in [-0.05, 0) is 30.2 Å². The van der Waals surface area contributed by atoms with Crippen molar-refractivity contribution < 1.29 is 12.8 Å². The number of anilines is 2. The van der Waals surface area contributed by atoms with E-state index >= 15 is 0 Å². The molecule has 1 heterocycles. The topological polar surface area (TPSA) is 40.6 Å². The molecule has 0 saturated carbocycles. The van der Waals surface area contributed by atoms with E-state index in [2.05, 4.69) is 13.8 Å². The zero-order valence-corrected chi connectivity index (χ0v) is 14.8. The quantitative estimate of drug-likeness (QED) is 0.847. The summed E-state index contributed by atoms with van der Waals surface area (Å²) in [6.45, 7) is 5.04. The molecule has 4 nitrogen and oxygen atoms in total. The highest BCUT2D eigenvalue weighted by molar-refractivity contribution is 7.93. The lowest BCUT2D eigenvalue weighted by atomic mass is 10.1. The van der Waals surface area contributed by atoms with Crippen LogP contribution in [0.3, 0.4) is 0 Å². The molecule has 0 spiro atoms. The number of para-hydroxylation sites is 2. The van der Waals surface area contributed by atoms with Crippen LogP contribution in [-0.2, 0) is 16.6 Å². The molecule has 0 N–H and O–H groups in total. The number of hydrogen-bond acceptors (Lipinski definition) is 3. The number of nitrogens with zero attached hydrogens (tertiary/aromatic N) is 2. The van der Waals surface area contributed by atoms with Crippen LogP contribution in [0.5, 0.6) is 0 Å². The minimum Gasteiger partial charge on any atom is -0.373 e. The Hall–Kier alpha value is -2.08. The first-order valence-electron chi connectivity index (χ1n) is 7.92. The second-order valence-corrected chi connectivity index (χ2v) is 8.32. The van der Waals surface area contributed by atoms with E-state index in [1.165, 1.54) is 22.5 Å². The molecule has 128 valence electrons. The molecule has 2 aromatic carbocycles. The van der Waals surface area contributed by atoms with E-state index < -0.39 is 15.8 Å². The summed E-state index contributed by atoms with van der Waals surface area (Å²) in [6, 6.07) is 11.6. The predicted octanol–water partition coefficient (Wildman–Crippen LogP) is 3.63. The summed E-state index contributed by atoms with van der Waals surface area (Å²) in [6.07, 6.45) is 0. The highest BCUT2D eigenvalue weighted by atomic mass is 32.2. The van der Waals surface area contributed by atoms with Gasteiger partial charge >= 0.3 is 0 Å². The Bertz CT molecular complexity index is 865. The molecule has 0 unspecified atom stereocenters. The predicted molar refractivity (Wildman–Crippen MR) is 94.3 cm³/mol. The van der Waals surface area contributed by atoms with Gasteiger partial charge in [-0.15, -0.1) is 0 Å². The van der Waals surface area contributed by atoms with Gasteiger partial charge in [0, 0.05) is 19.2 Å². The van der Waals surface area contributed by atoms with Crippen molar-refractivity contribution in [2.24, 2.45) is 5.92 Å². The van der Waals surface area contributed by atoms with Crippen LogP contribution in [-0.4, -0.2) is 22.0 Å². The Morgan fingerprint density at radius 2 is 1.88 bits per heavy atom. The van der Waals surface area contributed by atoms with Gasteiger partial charge in [0.05, 0.1) is 22.8 Å². The molecule has 24 heavy (non-hydrogen) atoms. The Balaban J connectivity index is 2.07. The maximum Gasteiger partial charge on any atom is 0.265 e. The second-order valence-electron chi connectivity index (χ2n) is 6.49. The van der Waals surface area contributed by atoms with E-state index in [0.29, 0.717) is 11.6 Å². The van der Waals surface area contributed by atoms with Gasteiger partial charge in [-0.2, -0.15) is 0 Å². The van der Waals surface area contributed by atoms with E-state index in [9.17, 15) is 12.8 Å². The van der Waals surface area contributed by atoms with Gasteiger partial charge in [0.15, 0.2) is 0 Å². The third-order valence-corrected chi connectivity index (χ3v) is 5.99. The normalized spacial score (nSPS) is 15.6. The lowest BCUT2D eigenvalue weighted by molar-refractivity contribution is 0.595. The molecule has 0 aromatic heterocycles. The lowest BCUT2D eigenvalue weighted by Crippen LogP contribution is -2.28. The Labute approximate surface area is 142 Å². The van der Waals surface area contributed by atoms with Crippen LogP contribution in [0.15, 0.2) is 47.4 Å². The molecule has 0 radical (unpaired) electrons. The minimum absolute atomic E-state index is 0.0247. The fraction of sp³-hybridized carbons (Fsp3) is 0.333. The Kier molecular flexibility index (Phi) is 4.25. The van der Waals surface area contributed by atoms with Crippen molar-refractivity contribution in [3.05, 3.63) is 53.8 Å². The SMILES string of the molecule is CC(C)CN(C)c1ccccc1N1Cc2c(F)cccc2S1(=O)=O. The van der Waals surface area contributed by atoms with E-state index in [1.54, 1.807) is 12.1 Å². The molecule has 0 amide bonds. The Morgan fingerprint density at radius 3 is 2.54 bits per heavy atom. The van der Waals surface area contributed by atoms with Crippen molar-refractivity contribution in [2.45, 2.75) is 25.3 Å². The fourth-order valence-electron chi connectivity index (χ4n) is 3.14. The van der Waals surface area contributed by atoms with Crippen molar-refractivity contribution in [2.75, 3.05) is 22.8 Å². The summed E-state index contributed by atoms with van der Waals surface area (Å²) < 4.78 is 41.1. The third-order valence-electron chi connectivity index (χ3n) is 4.15. The maximum atomic E-state index is 14.1. The summed E-state index contributed by atoms with van der Waals surface area (Å²) >= 11 is 0. The van der Waals surface area contributed by atoms with Crippen molar-refractivity contribution in [1.29, 1.82) is 0 Å². The molecular weight excluding hydrogens is 327 g/mol. The second kappa shape index (κ2) is 6.09. The molecule has 0 saturated heterocycles. The van der Waals surface area contributed by atoms with Crippen LogP contribution in [0.4, 0.5) is 15.8 Å². The van der Waals surface area contributed by atoms with Crippen molar-refractivity contribution in [1.82, 2.24) is 0 Å². The van der Waals surface area contributed by atoms with Crippen LogP contribution in [0, 0.1) is 11.7 Å². The number of sulfonamides is 1. The first kappa shape index (κ1) is 16.8. The Morgan fingerprint density at radius 1 is 1.17 bits per heavy atom. The molecule has 1 aliphatic heterocycles.